The highest BCUT2D eigenvalue weighted by molar-refractivity contribution is 9.11. The maximum atomic E-state index is 5.86. The first-order chi connectivity index (χ1) is 7.68. The fourth-order valence-electron chi connectivity index (χ4n) is 1.09. The average Bonchev–Trinajstić information content (AvgIpc) is 2.26. The van der Waals surface area contributed by atoms with E-state index in [9.17, 15) is 0 Å². The molecular formula is C10H7Br2N3S. The zero-order chi connectivity index (χ0) is 11.5. The van der Waals surface area contributed by atoms with Crippen LogP contribution in [0.25, 0.3) is 0 Å². The van der Waals surface area contributed by atoms with E-state index in [0.29, 0.717) is 5.69 Å². The van der Waals surface area contributed by atoms with Gasteiger partial charge in [0.1, 0.15) is 5.03 Å². The Hall–Kier alpha value is -0.590. The Morgan fingerprint density at radius 3 is 2.69 bits per heavy atom. The number of aromatic nitrogens is 2. The highest BCUT2D eigenvalue weighted by Gasteiger charge is 2.09. The minimum atomic E-state index is 0.636. The standard InChI is InChI=1S/C10H7Br2N3S/c11-6-2-1-3-15-10(6)16-9-7(12)4-14-5-8(9)13/h1-5H,13H2. The lowest BCUT2D eigenvalue weighted by Crippen LogP contribution is -1.91. The van der Waals surface area contributed by atoms with Crippen molar-refractivity contribution in [3.63, 3.8) is 0 Å². The van der Waals surface area contributed by atoms with E-state index in [1.807, 2.05) is 12.1 Å². The van der Waals surface area contributed by atoms with Crippen LogP contribution in [0.15, 0.2) is 49.6 Å². The number of hydrogen-bond acceptors (Lipinski definition) is 4. The minimum absolute atomic E-state index is 0.636. The number of nitrogen functional groups attached to an aromatic ring is 1. The molecule has 0 aromatic carbocycles. The molecule has 0 atom stereocenters. The number of pyridine rings is 2. The molecule has 0 spiro atoms. The molecule has 16 heavy (non-hydrogen) atoms. The van der Waals surface area contributed by atoms with Crippen molar-refractivity contribution in [3.8, 4) is 0 Å². The van der Waals surface area contributed by atoms with Crippen molar-refractivity contribution in [1.29, 1.82) is 0 Å². The molecule has 2 aromatic rings. The van der Waals surface area contributed by atoms with Gasteiger partial charge < -0.3 is 5.73 Å². The van der Waals surface area contributed by atoms with Gasteiger partial charge in [0.15, 0.2) is 0 Å². The van der Waals surface area contributed by atoms with Gasteiger partial charge in [-0.05, 0) is 44.0 Å². The highest BCUT2D eigenvalue weighted by atomic mass is 79.9. The van der Waals surface area contributed by atoms with Crippen LogP contribution in [-0.4, -0.2) is 9.97 Å². The van der Waals surface area contributed by atoms with Gasteiger partial charge in [-0.2, -0.15) is 0 Å². The smallest absolute Gasteiger partial charge is 0.115 e. The summed E-state index contributed by atoms with van der Waals surface area (Å²) in [6.07, 6.45) is 5.10. The molecule has 0 saturated carbocycles. The van der Waals surface area contributed by atoms with Crippen molar-refractivity contribution in [3.05, 3.63) is 39.7 Å². The quantitative estimate of drug-likeness (QED) is 0.886. The lowest BCUT2D eigenvalue weighted by atomic mass is 10.4. The number of hydrogen-bond donors (Lipinski definition) is 1. The summed E-state index contributed by atoms with van der Waals surface area (Å²) in [6, 6.07) is 3.82. The summed E-state index contributed by atoms with van der Waals surface area (Å²) in [6.45, 7) is 0. The number of nitrogens with two attached hydrogens (primary N) is 1. The molecule has 2 aromatic heterocycles. The summed E-state index contributed by atoms with van der Waals surface area (Å²) in [4.78, 5) is 9.19. The Kier molecular flexibility index (Phi) is 3.83. The van der Waals surface area contributed by atoms with Crippen LogP contribution in [-0.2, 0) is 0 Å². The molecule has 0 amide bonds. The number of nitrogens with zero attached hydrogens (tertiary/aromatic N) is 2. The predicted molar refractivity (Wildman–Crippen MR) is 72.4 cm³/mol. The number of anilines is 1. The van der Waals surface area contributed by atoms with Crippen LogP contribution in [0.4, 0.5) is 5.69 Å². The van der Waals surface area contributed by atoms with Crippen molar-refractivity contribution >= 4 is 49.3 Å². The van der Waals surface area contributed by atoms with Gasteiger partial charge in [-0.25, -0.2) is 4.98 Å². The third-order valence-electron chi connectivity index (χ3n) is 1.80. The van der Waals surface area contributed by atoms with Crippen LogP contribution < -0.4 is 5.73 Å². The normalized spacial score (nSPS) is 10.4. The largest absolute Gasteiger partial charge is 0.397 e. The second-order valence-electron chi connectivity index (χ2n) is 2.93. The molecule has 0 aliphatic heterocycles. The first-order valence-electron chi connectivity index (χ1n) is 4.36. The van der Waals surface area contributed by atoms with Crippen LogP contribution in [0.1, 0.15) is 0 Å². The average molecular weight is 361 g/mol. The number of halogens is 2. The molecule has 0 bridgehead atoms. The molecule has 6 heteroatoms. The van der Waals surface area contributed by atoms with Crippen LogP contribution in [0.2, 0.25) is 0 Å². The van der Waals surface area contributed by atoms with Crippen molar-refractivity contribution in [1.82, 2.24) is 9.97 Å². The molecule has 82 valence electrons. The zero-order valence-corrected chi connectivity index (χ0v) is 12.0. The third-order valence-corrected chi connectivity index (χ3v) is 4.75. The molecule has 2 N–H and O–H groups in total. The van der Waals surface area contributed by atoms with Crippen molar-refractivity contribution in [2.45, 2.75) is 9.92 Å². The summed E-state index contributed by atoms with van der Waals surface area (Å²) in [5.74, 6) is 0. The Balaban J connectivity index is 2.38. The second kappa shape index (κ2) is 5.16. The Morgan fingerprint density at radius 1 is 1.19 bits per heavy atom. The summed E-state index contributed by atoms with van der Waals surface area (Å²) in [5.41, 5.74) is 6.50. The van der Waals surface area contributed by atoms with Gasteiger partial charge in [0.2, 0.25) is 0 Å². The van der Waals surface area contributed by atoms with Gasteiger partial charge in [-0.3, -0.25) is 4.98 Å². The molecule has 0 unspecified atom stereocenters. The van der Waals surface area contributed by atoms with E-state index in [2.05, 4.69) is 41.8 Å². The van der Waals surface area contributed by atoms with E-state index in [1.54, 1.807) is 18.6 Å². The molecule has 0 radical (unpaired) electrons. The topological polar surface area (TPSA) is 51.8 Å². The molecule has 2 heterocycles. The van der Waals surface area contributed by atoms with Crippen LogP contribution >= 0.6 is 43.6 Å². The van der Waals surface area contributed by atoms with E-state index in [-0.39, 0.29) is 0 Å². The first kappa shape index (κ1) is 11.9. The van der Waals surface area contributed by atoms with Gasteiger partial charge in [0, 0.05) is 12.4 Å². The summed E-state index contributed by atoms with van der Waals surface area (Å²) in [7, 11) is 0. The van der Waals surface area contributed by atoms with Crippen LogP contribution in [0, 0.1) is 0 Å². The van der Waals surface area contributed by atoms with Gasteiger partial charge in [0.25, 0.3) is 0 Å². The van der Waals surface area contributed by atoms with Gasteiger partial charge >= 0.3 is 0 Å². The van der Waals surface area contributed by atoms with E-state index in [4.69, 9.17) is 5.73 Å². The van der Waals surface area contributed by atoms with Gasteiger partial charge in [0.05, 0.1) is 25.7 Å². The molecule has 3 nitrogen and oxygen atoms in total. The zero-order valence-electron chi connectivity index (χ0n) is 8.02. The molecule has 0 aliphatic rings. The highest BCUT2D eigenvalue weighted by Crippen LogP contribution is 2.38. The first-order valence-corrected chi connectivity index (χ1v) is 6.76. The SMILES string of the molecule is Nc1cncc(Br)c1Sc1ncccc1Br. The maximum Gasteiger partial charge on any atom is 0.115 e. The van der Waals surface area contributed by atoms with Crippen LogP contribution in [0.5, 0.6) is 0 Å². The summed E-state index contributed by atoms with van der Waals surface area (Å²) >= 11 is 8.37. The van der Waals surface area contributed by atoms with Gasteiger partial charge in [-0.1, -0.05) is 11.8 Å². The third kappa shape index (κ3) is 2.56. The van der Waals surface area contributed by atoms with E-state index < -0.39 is 0 Å². The maximum absolute atomic E-state index is 5.86. The fraction of sp³-hybridized carbons (Fsp3) is 0. The monoisotopic (exact) mass is 359 g/mol. The van der Waals surface area contributed by atoms with Crippen molar-refractivity contribution in [2.24, 2.45) is 0 Å². The molecule has 2 rings (SSSR count). The minimum Gasteiger partial charge on any atom is -0.397 e. The van der Waals surface area contributed by atoms with Gasteiger partial charge in [-0.15, -0.1) is 0 Å². The Labute approximate surface area is 114 Å². The summed E-state index contributed by atoms with van der Waals surface area (Å²) in [5, 5.41) is 0.876. The Morgan fingerprint density at radius 2 is 2.00 bits per heavy atom. The van der Waals surface area contributed by atoms with E-state index in [1.165, 1.54) is 11.8 Å². The lowest BCUT2D eigenvalue weighted by molar-refractivity contribution is 1.10. The Bertz CT molecular complexity index is 499. The van der Waals surface area contributed by atoms with Crippen molar-refractivity contribution < 1.29 is 0 Å². The van der Waals surface area contributed by atoms with Crippen molar-refractivity contribution in [2.75, 3.05) is 5.73 Å². The lowest BCUT2D eigenvalue weighted by Gasteiger charge is -2.07. The molecule has 0 fully saturated rings. The molecule has 0 saturated heterocycles. The number of rotatable bonds is 2. The predicted octanol–water partition coefficient (Wildman–Crippen LogP) is 3.74. The summed E-state index contributed by atoms with van der Waals surface area (Å²) < 4.78 is 1.82. The van der Waals surface area contributed by atoms with E-state index >= 15 is 0 Å². The molecular weight excluding hydrogens is 354 g/mol. The fourth-order valence-corrected chi connectivity index (χ4v) is 2.97. The second-order valence-corrected chi connectivity index (χ2v) is 5.64. The molecule has 0 aliphatic carbocycles. The van der Waals surface area contributed by atoms with Crippen LogP contribution in [0.3, 0.4) is 0 Å². The van der Waals surface area contributed by atoms with E-state index in [0.717, 1.165) is 18.9 Å².